The lowest BCUT2D eigenvalue weighted by molar-refractivity contribution is -0.377. The fraction of sp³-hybridized carbons (Fsp3) is 1.00. The lowest BCUT2D eigenvalue weighted by Crippen LogP contribution is -2.71. The lowest BCUT2D eigenvalue weighted by atomic mass is 9.85. The SMILES string of the molecule is CC(C)(F)C(F)(F)C(F)(F)C(F)(F)C(C)(F)C(F)(F)[SH](=O)=O. The molecule has 2 nitrogen and oxygen atoms in total. The Morgan fingerprint density at radius 1 is 0.591 bits per heavy atom. The molecule has 22 heavy (non-hydrogen) atoms. The van der Waals surface area contributed by atoms with Crippen molar-refractivity contribution in [3.05, 3.63) is 0 Å². The van der Waals surface area contributed by atoms with Crippen molar-refractivity contribution in [2.75, 3.05) is 0 Å². The van der Waals surface area contributed by atoms with Gasteiger partial charge in [-0.3, -0.25) is 0 Å². The van der Waals surface area contributed by atoms with Crippen molar-refractivity contribution in [3.8, 4) is 0 Å². The van der Waals surface area contributed by atoms with E-state index in [1.165, 1.54) is 0 Å². The van der Waals surface area contributed by atoms with Gasteiger partial charge in [0.25, 0.3) is 5.67 Å². The molecule has 0 bridgehead atoms. The van der Waals surface area contributed by atoms with Gasteiger partial charge in [-0.2, -0.15) is 35.1 Å². The van der Waals surface area contributed by atoms with Crippen molar-refractivity contribution in [3.63, 3.8) is 0 Å². The highest BCUT2D eigenvalue weighted by atomic mass is 32.2. The fourth-order valence-electron chi connectivity index (χ4n) is 1.23. The highest BCUT2D eigenvalue weighted by molar-refractivity contribution is 7.73. The third-order valence-electron chi connectivity index (χ3n) is 2.92. The number of hydrogen-bond donors (Lipinski definition) is 1. The van der Waals surface area contributed by atoms with E-state index in [0.717, 1.165) is 0 Å². The molecule has 0 aliphatic carbocycles. The molecule has 0 aliphatic heterocycles. The molecule has 13 heteroatoms. The Morgan fingerprint density at radius 2 is 0.909 bits per heavy atom. The summed E-state index contributed by atoms with van der Waals surface area (Å²) in [5, 5.41) is -6.12. The molecule has 0 saturated heterocycles. The van der Waals surface area contributed by atoms with Crippen molar-refractivity contribution >= 4 is 10.7 Å². The van der Waals surface area contributed by atoms with Crippen LogP contribution in [0.25, 0.3) is 0 Å². The van der Waals surface area contributed by atoms with Gasteiger partial charge in [-0.1, -0.05) is 0 Å². The molecular formula is C9H10F10O2S. The average Bonchev–Trinajstić information content (AvgIpc) is 2.25. The third-order valence-corrected chi connectivity index (χ3v) is 3.80. The molecule has 0 saturated carbocycles. The zero-order valence-corrected chi connectivity index (χ0v) is 11.9. The second kappa shape index (κ2) is 5.13. The molecule has 0 N–H and O–H groups in total. The van der Waals surface area contributed by atoms with Gasteiger partial charge in [0.05, 0.1) is 0 Å². The molecule has 0 fully saturated rings. The average molecular weight is 372 g/mol. The van der Waals surface area contributed by atoms with E-state index in [4.69, 9.17) is 0 Å². The maximum atomic E-state index is 13.5. The molecule has 1 atom stereocenters. The Morgan fingerprint density at radius 3 is 1.14 bits per heavy atom. The summed E-state index contributed by atoms with van der Waals surface area (Å²) in [5.74, 6) is -20.2. The van der Waals surface area contributed by atoms with Crippen LogP contribution in [0.2, 0.25) is 0 Å². The number of halogens is 10. The smallest absolute Gasteiger partial charge is 0.238 e. The molecule has 0 amide bonds. The first-order valence-electron chi connectivity index (χ1n) is 5.23. The molecule has 0 spiro atoms. The Kier molecular flexibility index (Phi) is 4.95. The number of hydrogen-bond acceptors (Lipinski definition) is 2. The predicted octanol–water partition coefficient (Wildman–Crippen LogP) is 3.57. The van der Waals surface area contributed by atoms with Crippen LogP contribution in [0.1, 0.15) is 20.8 Å². The molecule has 0 aliphatic rings. The first kappa shape index (κ1) is 21.2. The summed E-state index contributed by atoms with van der Waals surface area (Å²) in [4.78, 5) is 0. The van der Waals surface area contributed by atoms with Crippen LogP contribution in [0.4, 0.5) is 43.9 Å². The minimum absolute atomic E-state index is 0.265. The van der Waals surface area contributed by atoms with Gasteiger partial charge in [-0.25, -0.2) is 17.2 Å². The quantitative estimate of drug-likeness (QED) is 0.571. The van der Waals surface area contributed by atoms with Crippen LogP contribution in [0, 0.1) is 0 Å². The third kappa shape index (κ3) is 2.54. The molecule has 0 radical (unpaired) electrons. The summed E-state index contributed by atoms with van der Waals surface area (Å²) in [6.07, 6.45) is 0. The van der Waals surface area contributed by atoms with E-state index in [-0.39, 0.29) is 13.8 Å². The standard InChI is InChI=1S/C9H10F10O2S/c1-4(2,10)6(12,13)8(16,17)7(14,15)5(3,11)9(18,19)22(20)21/h22H,1-3H3. The van der Waals surface area contributed by atoms with Crippen molar-refractivity contribution < 1.29 is 52.3 Å². The Labute approximate surface area is 119 Å². The van der Waals surface area contributed by atoms with Crippen LogP contribution in [-0.4, -0.2) is 42.8 Å². The zero-order valence-electron chi connectivity index (χ0n) is 11.0. The summed E-state index contributed by atoms with van der Waals surface area (Å²) in [5.41, 5.74) is -10.3. The van der Waals surface area contributed by atoms with E-state index in [1.807, 2.05) is 0 Å². The maximum absolute atomic E-state index is 13.5. The second-order valence-electron chi connectivity index (χ2n) is 5.00. The molecule has 0 aromatic rings. The van der Waals surface area contributed by atoms with Crippen LogP contribution in [0.3, 0.4) is 0 Å². The van der Waals surface area contributed by atoms with E-state index in [2.05, 4.69) is 0 Å². The minimum atomic E-state index is -6.96. The van der Waals surface area contributed by atoms with Gasteiger partial charge in [0, 0.05) is 0 Å². The summed E-state index contributed by atoms with van der Waals surface area (Å²) in [6.45, 7) is -1.52. The van der Waals surface area contributed by atoms with Crippen molar-refractivity contribution in [1.82, 2.24) is 0 Å². The number of rotatable bonds is 6. The first-order chi connectivity index (χ1) is 9.19. The Bertz CT molecular complexity index is 495. The molecule has 0 heterocycles. The van der Waals surface area contributed by atoms with E-state index in [0.29, 0.717) is 0 Å². The first-order valence-corrected chi connectivity index (χ1v) is 6.41. The zero-order chi connectivity index (χ0) is 18.6. The summed E-state index contributed by atoms with van der Waals surface area (Å²) in [6, 6.07) is 0. The summed E-state index contributed by atoms with van der Waals surface area (Å²) in [7, 11) is -5.37. The molecule has 134 valence electrons. The van der Waals surface area contributed by atoms with Gasteiger partial charge in [0.2, 0.25) is 10.7 Å². The van der Waals surface area contributed by atoms with Gasteiger partial charge >= 0.3 is 23.0 Å². The maximum Gasteiger partial charge on any atom is 0.382 e. The fourth-order valence-corrected chi connectivity index (χ4v) is 1.71. The van der Waals surface area contributed by atoms with Gasteiger partial charge in [0.1, 0.15) is 0 Å². The van der Waals surface area contributed by atoms with Crippen LogP contribution in [-0.2, 0) is 10.7 Å². The molecule has 0 rings (SSSR count). The molecular weight excluding hydrogens is 362 g/mol. The van der Waals surface area contributed by atoms with Crippen molar-refractivity contribution in [1.29, 1.82) is 0 Å². The molecule has 0 aromatic carbocycles. The van der Waals surface area contributed by atoms with Crippen molar-refractivity contribution in [2.24, 2.45) is 0 Å². The van der Waals surface area contributed by atoms with Crippen LogP contribution in [0.5, 0.6) is 0 Å². The van der Waals surface area contributed by atoms with Gasteiger partial charge in [-0.05, 0) is 20.8 Å². The highest BCUT2D eigenvalue weighted by Crippen LogP contribution is 2.58. The van der Waals surface area contributed by atoms with Gasteiger partial charge in [-0.15, -0.1) is 0 Å². The minimum Gasteiger partial charge on any atom is -0.238 e. The highest BCUT2D eigenvalue weighted by Gasteiger charge is 2.86. The number of thiol groups is 1. The Balaban J connectivity index is 6.35. The van der Waals surface area contributed by atoms with Crippen LogP contribution in [0.15, 0.2) is 0 Å². The van der Waals surface area contributed by atoms with E-state index < -0.39 is 52.0 Å². The van der Waals surface area contributed by atoms with Crippen molar-refractivity contribution in [2.45, 2.75) is 55.1 Å². The normalized spacial score (nSPS) is 18.5. The molecule has 1 unspecified atom stereocenters. The van der Waals surface area contributed by atoms with Crippen LogP contribution < -0.4 is 0 Å². The largest absolute Gasteiger partial charge is 0.382 e. The monoisotopic (exact) mass is 372 g/mol. The van der Waals surface area contributed by atoms with E-state index in [1.54, 1.807) is 0 Å². The number of alkyl halides is 10. The topological polar surface area (TPSA) is 34.1 Å². The van der Waals surface area contributed by atoms with E-state index >= 15 is 0 Å². The summed E-state index contributed by atoms with van der Waals surface area (Å²) >= 11 is 0. The Hall–Kier alpha value is -0.750. The van der Waals surface area contributed by atoms with Gasteiger partial charge in [0.15, 0.2) is 5.67 Å². The lowest BCUT2D eigenvalue weighted by Gasteiger charge is -2.42. The molecule has 0 aromatic heterocycles. The van der Waals surface area contributed by atoms with Crippen LogP contribution >= 0.6 is 0 Å². The summed E-state index contributed by atoms with van der Waals surface area (Å²) < 4.78 is 152. The van der Waals surface area contributed by atoms with Gasteiger partial charge < -0.3 is 0 Å². The second-order valence-corrected chi connectivity index (χ2v) is 6.07. The van der Waals surface area contributed by atoms with E-state index in [9.17, 15) is 52.3 Å². The predicted molar refractivity (Wildman–Crippen MR) is 54.8 cm³/mol.